The Bertz CT molecular complexity index is 1170. The number of allylic oxidation sites excluding steroid dienone is 1. The third-order valence-corrected chi connectivity index (χ3v) is 4.38. The lowest BCUT2D eigenvalue weighted by atomic mass is 10.1. The summed E-state index contributed by atoms with van der Waals surface area (Å²) >= 11 is 0. The quantitative estimate of drug-likeness (QED) is 0.354. The Morgan fingerprint density at radius 3 is 2.76 bits per heavy atom. The van der Waals surface area contributed by atoms with Gasteiger partial charge in [0.25, 0.3) is 5.69 Å². The fourth-order valence-electron chi connectivity index (χ4n) is 2.96. The zero-order valence-corrected chi connectivity index (χ0v) is 15.2. The molecule has 0 N–H and O–H groups in total. The Morgan fingerprint density at radius 1 is 1.17 bits per heavy atom. The van der Waals surface area contributed by atoms with Crippen molar-refractivity contribution >= 4 is 17.3 Å². The van der Waals surface area contributed by atoms with Crippen molar-refractivity contribution in [3.63, 3.8) is 0 Å². The number of benzene rings is 2. The van der Waals surface area contributed by atoms with Gasteiger partial charge in [-0.25, -0.2) is 0 Å². The molecular weight excluding hydrogens is 376 g/mol. The number of nitrogens with zero attached hydrogens (tertiary/aromatic N) is 2. The van der Waals surface area contributed by atoms with Gasteiger partial charge in [-0.2, -0.15) is 5.26 Å². The first-order chi connectivity index (χ1) is 14.1. The molecule has 29 heavy (non-hydrogen) atoms. The Morgan fingerprint density at radius 2 is 2.00 bits per heavy atom. The second-order valence-corrected chi connectivity index (χ2v) is 6.08. The second-order valence-electron chi connectivity index (χ2n) is 6.08. The van der Waals surface area contributed by atoms with Crippen LogP contribution in [0.1, 0.15) is 11.3 Å². The van der Waals surface area contributed by atoms with E-state index in [0.29, 0.717) is 45.5 Å². The molecule has 1 aromatic heterocycles. The summed E-state index contributed by atoms with van der Waals surface area (Å²) in [4.78, 5) is 10.5. The molecule has 2 heterocycles. The van der Waals surface area contributed by atoms with Crippen molar-refractivity contribution in [1.29, 1.82) is 5.26 Å². The summed E-state index contributed by atoms with van der Waals surface area (Å²) in [7, 11) is 1.43. The smallest absolute Gasteiger partial charge is 0.273 e. The first kappa shape index (κ1) is 18.1. The van der Waals surface area contributed by atoms with Gasteiger partial charge in [0.2, 0.25) is 6.79 Å². The molecule has 144 valence electrons. The second kappa shape index (κ2) is 7.40. The third kappa shape index (κ3) is 3.49. The largest absolute Gasteiger partial charge is 0.496 e. The number of hydrogen-bond donors (Lipinski definition) is 0. The molecule has 4 rings (SSSR count). The molecular formula is C21H14N2O6. The molecule has 0 fully saturated rings. The molecule has 0 bridgehead atoms. The van der Waals surface area contributed by atoms with Crippen LogP contribution in [0.5, 0.6) is 17.2 Å². The molecule has 2 aromatic carbocycles. The monoisotopic (exact) mass is 390 g/mol. The van der Waals surface area contributed by atoms with E-state index in [1.54, 1.807) is 42.5 Å². The number of fused-ring (bicyclic) bond motifs is 1. The Labute approximate surface area is 165 Å². The van der Waals surface area contributed by atoms with Crippen LogP contribution >= 0.6 is 0 Å². The molecule has 1 aliphatic heterocycles. The van der Waals surface area contributed by atoms with E-state index in [1.807, 2.05) is 0 Å². The van der Waals surface area contributed by atoms with E-state index >= 15 is 0 Å². The predicted octanol–water partition coefficient (Wildman–Crippen LogP) is 4.66. The highest BCUT2D eigenvalue weighted by atomic mass is 16.7. The predicted molar refractivity (Wildman–Crippen MR) is 103 cm³/mol. The number of hydrogen-bond acceptors (Lipinski definition) is 7. The van der Waals surface area contributed by atoms with Gasteiger partial charge in [0.15, 0.2) is 11.5 Å². The lowest BCUT2D eigenvalue weighted by Crippen LogP contribution is -1.92. The van der Waals surface area contributed by atoms with Crippen LogP contribution in [0.2, 0.25) is 0 Å². The van der Waals surface area contributed by atoms with Crippen molar-refractivity contribution in [3.8, 4) is 34.6 Å². The van der Waals surface area contributed by atoms with Gasteiger partial charge in [-0.15, -0.1) is 0 Å². The Balaban J connectivity index is 1.67. The van der Waals surface area contributed by atoms with E-state index in [9.17, 15) is 15.4 Å². The number of furan rings is 1. The minimum Gasteiger partial charge on any atom is -0.496 e. The van der Waals surface area contributed by atoms with Crippen molar-refractivity contribution in [2.45, 2.75) is 0 Å². The molecule has 0 unspecified atom stereocenters. The summed E-state index contributed by atoms with van der Waals surface area (Å²) < 4.78 is 21.7. The molecule has 0 radical (unpaired) electrons. The lowest BCUT2D eigenvalue weighted by Gasteiger charge is -2.05. The maximum Gasteiger partial charge on any atom is 0.273 e. The van der Waals surface area contributed by atoms with Crippen molar-refractivity contribution in [1.82, 2.24) is 0 Å². The zero-order chi connectivity index (χ0) is 20.4. The molecule has 8 nitrogen and oxygen atoms in total. The third-order valence-electron chi connectivity index (χ3n) is 4.38. The van der Waals surface area contributed by atoms with E-state index in [1.165, 1.54) is 19.2 Å². The van der Waals surface area contributed by atoms with Gasteiger partial charge in [0.1, 0.15) is 17.3 Å². The summed E-state index contributed by atoms with van der Waals surface area (Å²) in [6.45, 7) is 0.156. The van der Waals surface area contributed by atoms with Gasteiger partial charge in [0, 0.05) is 6.07 Å². The first-order valence-electron chi connectivity index (χ1n) is 8.53. The van der Waals surface area contributed by atoms with Crippen LogP contribution in [0.15, 0.2) is 52.9 Å². The fraction of sp³-hybridized carbons (Fsp3) is 0.0952. The molecule has 0 saturated heterocycles. The standard InChI is InChI=1S/C21H14N2O6/c1-26-20-10-15(23(24)25)3-5-17(20)18-7-4-16(29-18)8-14(11-22)13-2-6-19-21(9-13)28-12-27-19/h2-10H,12H2,1H3. The van der Waals surface area contributed by atoms with E-state index < -0.39 is 4.92 Å². The summed E-state index contributed by atoms with van der Waals surface area (Å²) in [5.74, 6) is 2.46. The summed E-state index contributed by atoms with van der Waals surface area (Å²) in [5, 5.41) is 20.5. The van der Waals surface area contributed by atoms with Gasteiger partial charge in [-0.1, -0.05) is 0 Å². The van der Waals surface area contributed by atoms with Crippen LogP contribution < -0.4 is 14.2 Å². The SMILES string of the molecule is COc1cc([N+](=O)[O-])ccc1-c1ccc(C=C(C#N)c2ccc3c(c2)OCO3)o1. The van der Waals surface area contributed by atoms with E-state index in [-0.39, 0.29) is 12.5 Å². The number of methoxy groups -OCH3 is 1. The number of nitro groups is 1. The van der Waals surface area contributed by atoms with E-state index in [4.69, 9.17) is 18.6 Å². The van der Waals surface area contributed by atoms with Crippen LogP contribution in [0, 0.1) is 21.4 Å². The zero-order valence-electron chi connectivity index (χ0n) is 15.2. The Kier molecular flexibility index (Phi) is 4.63. The molecule has 0 saturated carbocycles. The average molecular weight is 390 g/mol. The first-order valence-corrected chi connectivity index (χ1v) is 8.53. The number of nitriles is 1. The van der Waals surface area contributed by atoms with Crippen molar-refractivity contribution in [3.05, 3.63) is 70.0 Å². The molecule has 8 heteroatoms. The summed E-state index contributed by atoms with van der Waals surface area (Å²) in [5.41, 5.74) is 1.55. The minimum atomic E-state index is -0.493. The minimum absolute atomic E-state index is 0.0770. The normalized spacial score (nSPS) is 12.5. The highest BCUT2D eigenvalue weighted by Crippen LogP contribution is 2.36. The molecule has 0 amide bonds. The van der Waals surface area contributed by atoms with Gasteiger partial charge in [0.05, 0.1) is 35.3 Å². The Hall–Kier alpha value is -4.25. The highest BCUT2D eigenvalue weighted by Gasteiger charge is 2.17. The van der Waals surface area contributed by atoms with Crippen LogP contribution in [0.4, 0.5) is 5.69 Å². The topological polar surface area (TPSA) is 108 Å². The number of nitro benzene ring substituents is 1. The molecule has 3 aromatic rings. The number of ether oxygens (including phenoxy) is 3. The van der Waals surface area contributed by atoms with Gasteiger partial charge in [-0.05, 0) is 48.0 Å². The lowest BCUT2D eigenvalue weighted by molar-refractivity contribution is -0.384. The molecule has 1 aliphatic rings. The number of non-ortho nitro benzene ring substituents is 1. The maximum atomic E-state index is 11.0. The van der Waals surface area contributed by atoms with Crippen LogP contribution in [-0.4, -0.2) is 18.8 Å². The molecule has 0 spiro atoms. The molecule has 0 aliphatic carbocycles. The summed E-state index contributed by atoms with van der Waals surface area (Å²) in [6.07, 6.45) is 1.61. The van der Waals surface area contributed by atoms with E-state index in [0.717, 1.165) is 0 Å². The maximum absolute atomic E-state index is 11.0. The van der Waals surface area contributed by atoms with Crippen molar-refractivity contribution in [2.24, 2.45) is 0 Å². The van der Waals surface area contributed by atoms with Crippen LogP contribution in [0.25, 0.3) is 23.0 Å². The van der Waals surface area contributed by atoms with Crippen LogP contribution in [0.3, 0.4) is 0 Å². The average Bonchev–Trinajstić information content (AvgIpc) is 3.40. The summed E-state index contributed by atoms with van der Waals surface area (Å²) in [6, 6.07) is 15.1. The van der Waals surface area contributed by atoms with Gasteiger partial charge in [-0.3, -0.25) is 10.1 Å². The highest BCUT2D eigenvalue weighted by molar-refractivity contribution is 5.89. The van der Waals surface area contributed by atoms with Gasteiger partial charge >= 0.3 is 0 Å². The van der Waals surface area contributed by atoms with E-state index in [2.05, 4.69) is 6.07 Å². The molecule has 0 atom stereocenters. The van der Waals surface area contributed by atoms with Crippen molar-refractivity contribution < 1.29 is 23.6 Å². The van der Waals surface area contributed by atoms with Gasteiger partial charge < -0.3 is 18.6 Å². The van der Waals surface area contributed by atoms with Crippen molar-refractivity contribution in [2.75, 3.05) is 13.9 Å². The number of rotatable bonds is 5. The van der Waals surface area contributed by atoms with Crippen LogP contribution in [-0.2, 0) is 0 Å². The fourth-order valence-corrected chi connectivity index (χ4v) is 2.96.